The van der Waals surface area contributed by atoms with Crippen molar-refractivity contribution < 1.29 is 14.3 Å². The lowest BCUT2D eigenvalue weighted by atomic mass is 10.2. The Morgan fingerprint density at radius 1 is 1.25 bits per heavy atom. The minimum absolute atomic E-state index is 0.0602. The van der Waals surface area contributed by atoms with Crippen LogP contribution in [0, 0.1) is 5.92 Å². The summed E-state index contributed by atoms with van der Waals surface area (Å²) in [5.74, 6) is -0.124. The lowest BCUT2D eigenvalue weighted by molar-refractivity contribution is -0.117. The Kier molecular flexibility index (Phi) is 4.93. The molecule has 0 saturated heterocycles. The predicted molar refractivity (Wildman–Crippen MR) is 77.5 cm³/mol. The molecule has 0 bridgehead atoms. The Bertz CT molecular complexity index is 501. The number of allylic oxidation sites excluding steroid dienone is 1. The second-order valence-electron chi connectivity index (χ2n) is 4.82. The number of anilines is 1. The third kappa shape index (κ3) is 4.23. The van der Waals surface area contributed by atoms with E-state index in [9.17, 15) is 9.59 Å². The highest BCUT2D eigenvalue weighted by Gasteiger charge is 2.29. The number of amides is 1. The van der Waals surface area contributed by atoms with Gasteiger partial charge in [0.05, 0.1) is 5.56 Å². The molecule has 0 aromatic heterocycles. The highest BCUT2D eigenvalue weighted by molar-refractivity contribution is 5.95. The maximum atomic E-state index is 11.7. The summed E-state index contributed by atoms with van der Waals surface area (Å²) in [7, 11) is 0. The lowest BCUT2D eigenvalue weighted by Gasteiger charge is -2.05. The fraction of sp³-hybridized carbons (Fsp3) is 0.375. The maximum Gasteiger partial charge on any atom is 0.338 e. The van der Waals surface area contributed by atoms with Crippen molar-refractivity contribution in [2.75, 3.05) is 11.9 Å². The number of carbonyl (C=O) groups is 2. The molecule has 2 rings (SSSR count). The minimum atomic E-state index is -0.356. The molecule has 1 aliphatic rings. The minimum Gasteiger partial charge on any atom is -0.458 e. The van der Waals surface area contributed by atoms with Crippen LogP contribution in [0.5, 0.6) is 0 Å². The number of rotatable bonds is 6. The number of ether oxygens (including phenoxy) is 1. The van der Waals surface area contributed by atoms with Crippen LogP contribution >= 0.6 is 0 Å². The van der Waals surface area contributed by atoms with Gasteiger partial charge in [-0.3, -0.25) is 4.79 Å². The van der Waals surface area contributed by atoms with Crippen LogP contribution in [0.4, 0.5) is 5.69 Å². The largest absolute Gasteiger partial charge is 0.458 e. The topological polar surface area (TPSA) is 55.4 Å². The van der Waals surface area contributed by atoms with Crippen LogP contribution in [0.1, 0.15) is 36.5 Å². The molecule has 0 unspecified atom stereocenters. The van der Waals surface area contributed by atoms with Crippen LogP contribution in [-0.2, 0) is 9.53 Å². The quantitative estimate of drug-likeness (QED) is 0.640. The summed E-state index contributed by atoms with van der Waals surface area (Å²) in [5.41, 5.74) is 1.20. The fourth-order valence-electron chi connectivity index (χ4n) is 1.72. The van der Waals surface area contributed by atoms with Crippen molar-refractivity contribution in [2.45, 2.75) is 26.2 Å². The molecule has 0 radical (unpaired) electrons. The third-order valence-electron chi connectivity index (χ3n) is 3.05. The van der Waals surface area contributed by atoms with Gasteiger partial charge in [-0.1, -0.05) is 19.1 Å². The van der Waals surface area contributed by atoms with Gasteiger partial charge in [-0.2, -0.15) is 0 Å². The molecule has 1 fully saturated rings. The fourth-order valence-corrected chi connectivity index (χ4v) is 1.72. The first-order valence-electron chi connectivity index (χ1n) is 6.93. The van der Waals surface area contributed by atoms with Crippen molar-refractivity contribution in [1.29, 1.82) is 0 Å². The maximum absolute atomic E-state index is 11.7. The molecule has 1 aromatic carbocycles. The molecule has 4 heteroatoms. The first kappa shape index (κ1) is 14.3. The SMILES string of the molecule is CC/C=C/COC(=O)c1ccc(NC(=O)C2CC2)cc1. The number of esters is 1. The molecule has 1 saturated carbocycles. The molecular formula is C16H19NO3. The molecule has 0 atom stereocenters. The van der Waals surface area contributed by atoms with E-state index in [1.54, 1.807) is 24.3 Å². The summed E-state index contributed by atoms with van der Waals surface area (Å²) in [5, 5.41) is 2.83. The monoisotopic (exact) mass is 273 g/mol. The summed E-state index contributed by atoms with van der Waals surface area (Å²) in [6, 6.07) is 6.76. The van der Waals surface area contributed by atoms with Gasteiger partial charge in [-0.05, 0) is 43.5 Å². The van der Waals surface area contributed by atoms with Crippen molar-refractivity contribution in [1.82, 2.24) is 0 Å². The van der Waals surface area contributed by atoms with Crippen LogP contribution in [0.2, 0.25) is 0 Å². The molecule has 20 heavy (non-hydrogen) atoms. The van der Waals surface area contributed by atoms with Gasteiger partial charge in [-0.15, -0.1) is 0 Å². The van der Waals surface area contributed by atoms with E-state index in [2.05, 4.69) is 5.32 Å². The molecule has 0 spiro atoms. The Labute approximate surface area is 118 Å². The molecule has 0 heterocycles. The van der Waals surface area contributed by atoms with Crippen LogP contribution in [0.3, 0.4) is 0 Å². The van der Waals surface area contributed by atoms with E-state index < -0.39 is 0 Å². The zero-order valence-electron chi connectivity index (χ0n) is 11.6. The van der Waals surface area contributed by atoms with Gasteiger partial charge in [0.25, 0.3) is 0 Å². The zero-order chi connectivity index (χ0) is 14.4. The smallest absolute Gasteiger partial charge is 0.338 e. The van der Waals surface area contributed by atoms with Gasteiger partial charge in [0.15, 0.2) is 0 Å². The molecule has 106 valence electrons. The van der Waals surface area contributed by atoms with E-state index >= 15 is 0 Å². The molecule has 1 amide bonds. The summed E-state index contributed by atoms with van der Waals surface area (Å²) in [6.45, 7) is 2.31. The average molecular weight is 273 g/mol. The number of hydrogen-bond donors (Lipinski definition) is 1. The van der Waals surface area contributed by atoms with E-state index in [-0.39, 0.29) is 24.4 Å². The van der Waals surface area contributed by atoms with E-state index in [1.165, 1.54) is 0 Å². The summed E-state index contributed by atoms with van der Waals surface area (Å²) in [6.07, 6.45) is 6.64. The Morgan fingerprint density at radius 2 is 1.95 bits per heavy atom. The Morgan fingerprint density at radius 3 is 2.55 bits per heavy atom. The summed E-state index contributed by atoms with van der Waals surface area (Å²) >= 11 is 0. The van der Waals surface area contributed by atoms with E-state index in [0.717, 1.165) is 19.3 Å². The highest BCUT2D eigenvalue weighted by atomic mass is 16.5. The first-order valence-corrected chi connectivity index (χ1v) is 6.93. The zero-order valence-corrected chi connectivity index (χ0v) is 11.6. The van der Waals surface area contributed by atoms with Crippen LogP contribution in [0.25, 0.3) is 0 Å². The molecule has 1 N–H and O–H groups in total. The number of benzene rings is 1. The van der Waals surface area contributed by atoms with Gasteiger partial charge in [0.2, 0.25) is 5.91 Å². The van der Waals surface area contributed by atoms with Crippen molar-refractivity contribution in [3.05, 3.63) is 42.0 Å². The average Bonchev–Trinajstić information content (AvgIpc) is 3.29. The standard InChI is InChI=1S/C16H19NO3/c1-2-3-4-11-20-16(19)13-7-9-14(10-8-13)17-15(18)12-5-6-12/h3-4,7-10,12H,2,5-6,11H2,1H3,(H,17,18)/b4-3+. The van der Waals surface area contributed by atoms with E-state index in [0.29, 0.717) is 11.3 Å². The van der Waals surface area contributed by atoms with Gasteiger partial charge < -0.3 is 10.1 Å². The number of carbonyl (C=O) groups excluding carboxylic acids is 2. The predicted octanol–water partition coefficient (Wildman–Crippen LogP) is 3.16. The second-order valence-corrected chi connectivity index (χ2v) is 4.82. The van der Waals surface area contributed by atoms with Crippen molar-refractivity contribution in [3.8, 4) is 0 Å². The molecule has 1 aromatic rings. The summed E-state index contributed by atoms with van der Waals surface area (Å²) < 4.78 is 5.09. The highest BCUT2D eigenvalue weighted by Crippen LogP contribution is 2.30. The van der Waals surface area contributed by atoms with Crippen LogP contribution in [0.15, 0.2) is 36.4 Å². The summed E-state index contributed by atoms with van der Waals surface area (Å²) in [4.78, 5) is 23.3. The van der Waals surface area contributed by atoms with E-state index in [4.69, 9.17) is 4.74 Å². The van der Waals surface area contributed by atoms with Crippen molar-refractivity contribution in [3.63, 3.8) is 0 Å². The molecule has 0 aliphatic heterocycles. The van der Waals surface area contributed by atoms with Crippen molar-refractivity contribution >= 4 is 17.6 Å². The van der Waals surface area contributed by atoms with Crippen molar-refractivity contribution in [2.24, 2.45) is 5.92 Å². The number of nitrogens with one attached hydrogen (secondary N) is 1. The first-order chi connectivity index (χ1) is 9.70. The van der Waals surface area contributed by atoms with Crippen LogP contribution < -0.4 is 5.32 Å². The molecular weight excluding hydrogens is 254 g/mol. The van der Waals surface area contributed by atoms with Crippen LogP contribution in [-0.4, -0.2) is 18.5 Å². The van der Waals surface area contributed by atoms with Gasteiger partial charge in [0.1, 0.15) is 6.61 Å². The number of hydrogen-bond acceptors (Lipinski definition) is 3. The third-order valence-corrected chi connectivity index (χ3v) is 3.05. The van der Waals surface area contributed by atoms with Gasteiger partial charge >= 0.3 is 5.97 Å². The second kappa shape index (κ2) is 6.89. The Balaban J connectivity index is 1.85. The van der Waals surface area contributed by atoms with E-state index in [1.807, 2.05) is 19.1 Å². The molecule has 1 aliphatic carbocycles. The normalized spacial score (nSPS) is 14.2. The van der Waals surface area contributed by atoms with Gasteiger partial charge in [-0.25, -0.2) is 4.79 Å². The Hall–Kier alpha value is -2.10. The lowest BCUT2D eigenvalue weighted by Crippen LogP contribution is -2.13. The van der Waals surface area contributed by atoms with Gasteiger partial charge in [0, 0.05) is 11.6 Å². The molecule has 4 nitrogen and oxygen atoms in total.